The number of nitrogens with one attached hydrogen (secondary N) is 1. The zero-order valence-electron chi connectivity index (χ0n) is 10.8. The van der Waals surface area contributed by atoms with Crippen LogP contribution in [0.2, 0.25) is 0 Å². The SMILES string of the molecule is O=C(O)C1CCCC(NS(=O)(=O)c2ccc(I)cc2)C1. The van der Waals surface area contributed by atoms with Gasteiger partial charge in [-0.15, -0.1) is 0 Å². The van der Waals surface area contributed by atoms with Crippen LogP contribution in [0.3, 0.4) is 0 Å². The van der Waals surface area contributed by atoms with Gasteiger partial charge < -0.3 is 5.11 Å². The van der Waals surface area contributed by atoms with Gasteiger partial charge in [0.15, 0.2) is 0 Å². The van der Waals surface area contributed by atoms with E-state index in [-0.39, 0.29) is 10.9 Å². The zero-order chi connectivity index (χ0) is 14.8. The summed E-state index contributed by atoms with van der Waals surface area (Å²) in [6.07, 6.45) is 2.40. The van der Waals surface area contributed by atoms with Crippen LogP contribution in [0.4, 0.5) is 0 Å². The number of sulfonamides is 1. The highest BCUT2D eigenvalue weighted by Gasteiger charge is 2.29. The number of carboxylic acid groups (broad SMARTS) is 1. The van der Waals surface area contributed by atoms with E-state index in [0.717, 1.165) is 9.99 Å². The van der Waals surface area contributed by atoms with E-state index in [2.05, 4.69) is 27.3 Å². The highest BCUT2D eigenvalue weighted by molar-refractivity contribution is 14.1. The van der Waals surface area contributed by atoms with E-state index in [9.17, 15) is 13.2 Å². The molecule has 0 bridgehead atoms. The third-order valence-electron chi connectivity index (χ3n) is 3.47. The Morgan fingerprint density at radius 1 is 1.25 bits per heavy atom. The highest BCUT2D eigenvalue weighted by Crippen LogP contribution is 2.25. The normalized spacial score (nSPS) is 23.4. The summed E-state index contributed by atoms with van der Waals surface area (Å²) >= 11 is 2.11. The average Bonchev–Trinajstić information content (AvgIpc) is 2.39. The maximum Gasteiger partial charge on any atom is 0.306 e. The first-order valence-corrected chi connectivity index (χ1v) is 8.95. The molecule has 1 aromatic carbocycles. The summed E-state index contributed by atoms with van der Waals surface area (Å²) in [7, 11) is -3.57. The van der Waals surface area contributed by atoms with Crippen LogP contribution >= 0.6 is 22.6 Å². The second-order valence-electron chi connectivity index (χ2n) is 4.97. The molecular formula is C13H16INO4S. The molecule has 0 heterocycles. The smallest absolute Gasteiger partial charge is 0.306 e. The Balaban J connectivity index is 2.08. The first-order valence-electron chi connectivity index (χ1n) is 6.39. The van der Waals surface area contributed by atoms with Crippen LogP contribution in [0.1, 0.15) is 25.7 Å². The predicted molar refractivity (Wildman–Crippen MR) is 82.9 cm³/mol. The lowest BCUT2D eigenvalue weighted by molar-refractivity contribution is -0.143. The Morgan fingerprint density at radius 2 is 1.90 bits per heavy atom. The van der Waals surface area contributed by atoms with Gasteiger partial charge in [-0.05, 0) is 66.1 Å². The van der Waals surface area contributed by atoms with Crippen molar-refractivity contribution < 1.29 is 18.3 Å². The zero-order valence-corrected chi connectivity index (χ0v) is 13.7. The van der Waals surface area contributed by atoms with Crippen LogP contribution in [0.5, 0.6) is 0 Å². The Hall–Kier alpha value is -0.670. The monoisotopic (exact) mass is 409 g/mol. The number of carbonyl (C=O) groups is 1. The van der Waals surface area contributed by atoms with E-state index < -0.39 is 21.9 Å². The molecule has 7 heteroatoms. The molecule has 2 rings (SSSR count). The molecule has 0 aromatic heterocycles. The van der Waals surface area contributed by atoms with Gasteiger partial charge in [0.05, 0.1) is 10.8 Å². The molecule has 0 radical (unpaired) electrons. The second-order valence-corrected chi connectivity index (χ2v) is 7.93. The number of hydrogen-bond donors (Lipinski definition) is 2. The second kappa shape index (κ2) is 6.40. The standard InChI is InChI=1S/C13H16INO4S/c14-10-4-6-12(7-5-10)20(18,19)15-11-3-1-2-9(8-11)13(16)17/h4-7,9,11,15H,1-3,8H2,(H,16,17). The molecule has 1 fully saturated rings. The van der Waals surface area contributed by atoms with E-state index in [0.29, 0.717) is 19.3 Å². The number of benzene rings is 1. The summed E-state index contributed by atoms with van der Waals surface area (Å²) in [6.45, 7) is 0. The number of carboxylic acids is 1. The van der Waals surface area contributed by atoms with Crippen molar-refractivity contribution in [2.24, 2.45) is 5.92 Å². The van der Waals surface area contributed by atoms with Crippen LogP contribution in [0.25, 0.3) is 0 Å². The van der Waals surface area contributed by atoms with E-state index in [1.165, 1.54) is 0 Å². The first-order chi connectivity index (χ1) is 9.38. The lowest BCUT2D eigenvalue weighted by Gasteiger charge is -2.27. The van der Waals surface area contributed by atoms with Gasteiger partial charge in [-0.2, -0.15) is 0 Å². The van der Waals surface area contributed by atoms with Crippen molar-refractivity contribution >= 4 is 38.6 Å². The first kappa shape index (κ1) is 15.7. The summed E-state index contributed by atoms with van der Waals surface area (Å²) in [6, 6.07) is 6.28. The molecular weight excluding hydrogens is 393 g/mol. The molecule has 110 valence electrons. The van der Waals surface area contributed by atoms with Crippen molar-refractivity contribution in [3.05, 3.63) is 27.8 Å². The summed E-state index contributed by atoms with van der Waals surface area (Å²) in [5, 5.41) is 9.02. The van der Waals surface area contributed by atoms with Crippen molar-refractivity contribution in [1.82, 2.24) is 4.72 Å². The molecule has 0 spiro atoms. The number of hydrogen-bond acceptors (Lipinski definition) is 3. The highest BCUT2D eigenvalue weighted by atomic mass is 127. The van der Waals surface area contributed by atoms with Crippen molar-refractivity contribution in [3.8, 4) is 0 Å². The largest absolute Gasteiger partial charge is 0.481 e. The van der Waals surface area contributed by atoms with Crippen molar-refractivity contribution in [3.63, 3.8) is 0 Å². The summed E-state index contributed by atoms with van der Waals surface area (Å²) in [5.74, 6) is -1.30. The van der Waals surface area contributed by atoms with E-state index in [1.807, 2.05) is 0 Å². The lowest BCUT2D eigenvalue weighted by atomic mass is 9.86. The number of aliphatic carboxylic acids is 1. The van der Waals surface area contributed by atoms with Crippen LogP contribution in [0.15, 0.2) is 29.2 Å². The van der Waals surface area contributed by atoms with Crippen LogP contribution in [0, 0.1) is 9.49 Å². The third-order valence-corrected chi connectivity index (χ3v) is 5.72. The molecule has 1 saturated carbocycles. The molecule has 2 unspecified atom stereocenters. The molecule has 0 amide bonds. The average molecular weight is 409 g/mol. The van der Waals surface area contributed by atoms with Crippen LogP contribution in [-0.4, -0.2) is 25.5 Å². The fraction of sp³-hybridized carbons (Fsp3) is 0.462. The Morgan fingerprint density at radius 3 is 2.50 bits per heavy atom. The van der Waals surface area contributed by atoms with Gasteiger partial charge in [-0.25, -0.2) is 13.1 Å². The summed E-state index contributed by atoms with van der Waals surface area (Å²) in [4.78, 5) is 11.2. The van der Waals surface area contributed by atoms with Gasteiger partial charge in [0.2, 0.25) is 10.0 Å². The van der Waals surface area contributed by atoms with Crippen LogP contribution in [-0.2, 0) is 14.8 Å². The molecule has 20 heavy (non-hydrogen) atoms. The van der Waals surface area contributed by atoms with Gasteiger partial charge >= 0.3 is 5.97 Å². The molecule has 0 aliphatic heterocycles. The van der Waals surface area contributed by atoms with Gasteiger partial charge in [-0.1, -0.05) is 6.42 Å². The van der Waals surface area contributed by atoms with E-state index in [4.69, 9.17) is 5.11 Å². The van der Waals surface area contributed by atoms with Crippen molar-refractivity contribution in [2.75, 3.05) is 0 Å². The molecule has 0 saturated heterocycles. The third kappa shape index (κ3) is 3.92. The summed E-state index contributed by atoms with van der Waals surface area (Å²) < 4.78 is 28.0. The molecule has 2 atom stereocenters. The van der Waals surface area contributed by atoms with Gasteiger partial charge in [0, 0.05) is 9.61 Å². The topological polar surface area (TPSA) is 83.5 Å². The van der Waals surface area contributed by atoms with Gasteiger partial charge in [-0.3, -0.25) is 4.79 Å². The van der Waals surface area contributed by atoms with Gasteiger partial charge in [0.1, 0.15) is 0 Å². The predicted octanol–water partition coefficient (Wildman–Crippen LogP) is 2.21. The molecule has 1 aliphatic carbocycles. The Bertz CT molecular complexity index is 585. The molecule has 5 nitrogen and oxygen atoms in total. The molecule has 2 N–H and O–H groups in total. The van der Waals surface area contributed by atoms with Crippen molar-refractivity contribution in [2.45, 2.75) is 36.6 Å². The number of halogens is 1. The minimum absolute atomic E-state index is 0.218. The fourth-order valence-electron chi connectivity index (χ4n) is 2.42. The quantitative estimate of drug-likeness (QED) is 0.748. The van der Waals surface area contributed by atoms with Gasteiger partial charge in [0.25, 0.3) is 0 Å². The molecule has 1 aromatic rings. The summed E-state index contributed by atoms with van der Waals surface area (Å²) in [5.41, 5.74) is 0. The van der Waals surface area contributed by atoms with E-state index in [1.54, 1.807) is 24.3 Å². The Kier molecular flexibility index (Phi) is 5.03. The van der Waals surface area contributed by atoms with Crippen LogP contribution < -0.4 is 4.72 Å². The lowest BCUT2D eigenvalue weighted by Crippen LogP contribution is -2.39. The number of rotatable bonds is 4. The van der Waals surface area contributed by atoms with Crippen molar-refractivity contribution in [1.29, 1.82) is 0 Å². The fourth-order valence-corrected chi connectivity index (χ4v) is 4.07. The maximum atomic E-state index is 12.2. The minimum Gasteiger partial charge on any atom is -0.481 e. The van der Waals surface area contributed by atoms with E-state index >= 15 is 0 Å². The Labute approximate surface area is 132 Å². The maximum absolute atomic E-state index is 12.2. The minimum atomic E-state index is -3.57. The molecule has 1 aliphatic rings.